The van der Waals surface area contributed by atoms with Crippen LogP contribution in [0.25, 0.3) is 0 Å². The first-order chi connectivity index (χ1) is 16.3. The van der Waals surface area contributed by atoms with Crippen LogP contribution < -0.4 is 16.8 Å². The molecule has 2 aromatic rings. The summed E-state index contributed by atoms with van der Waals surface area (Å²) in [5.74, 6) is -0.876. The van der Waals surface area contributed by atoms with Gasteiger partial charge in [-0.2, -0.15) is 4.98 Å². The first-order valence-corrected chi connectivity index (χ1v) is 11.0. The Hall–Kier alpha value is -3.73. The van der Waals surface area contributed by atoms with Crippen LogP contribution in [0.5, 0.6) is 0 Å². The summed E-state index contributed by atoms with van der Waals surface area (Å²) >= 11 is 0. The van der Waals surface area contributed by atoms with Crippen LogP contribution >= 0.6 is 0 Å². The summed E-state index contributed by atoms with van der Waals surface area (Å²) in [6.07, 6.45) is 1.63. The van der Waals surface area contributed by atoms with Crippen molar-refractivity contribution in [1.29, 1.82) is 0 Å². The number of fused-ring (bicyclic) bond motifs is 1. The number of carbonyl (C=O) groups excluding carboxylic acids is 3. The molecular formula is C23H30N6O5. The van der Waals surface area contributed by atoms with Gasteiger partial charge in [-0.05, 0) is 30.5 Å². The van der Waals surface area contributed by atoms with Crippen LogP contribution in [0.1, 0.15) is 40.0 Å². The van der Waals surface area contributed by atoms with Crippen LogP contribution in [0.2, 0.25) is 0 Å². The Morgan fingerprint density at radius 2 is 1.85 bits per heavy atom. The lowest BCUT2D eigenvalue weighted by Crippen LogP contribution is -2.41. The maximum atomic E-state index is 12.6. The number of nitrogens with zero attached hydrogens (tertiary/aromatic N) is 3. The minimum Gasteiger partial charge on any atom is -0.469 e. The number of aromatic nitrogens is 2. The van der Waals surface area contributed by atoms with Crippen molar-refractivity contribution in [2.75, 3.05) is 38.8 Å². The Morgan fingerprint density at radius 1 is 1.12 bits per heavy atom. The fraction of sp³-hybridized carbons (Fsp3) is 0.435. The number of nitrogens with one attached hydrogen (secondary N) is 1. The van der Waals surface area contributed by atoms with Crippen LogP contribution in [-0.4, -0.2) is 66.1 Å². The summed E-state index contributed by atoms with van der Waals surface area (Å²) in [7, 11) is 2.49. The number of nitrogen functional groups attached to an aromatic ring is 2. The largest absolute Gasteiger partial charge is 0.469 e. The van der Waals surface area contributed by atoms with Gasteiger partial charge >= 0.3 is 11.9 Å². The van der Waals surface area contributed by atoms with Gasteiger partial charge in [0.25, 0.3) is 5.91 Å². The molecule has 0 radical (unpaired) electrons. The Morgan fingerprint density at radius 3 is 2.53 bits per heavy atom. The Bertz CT molecular complexity index is 1040. The van der Waals surface area contributed by atoms with E-state index in [0.29, 0.717) is 17.9 Å². The highest BCUT2D eigenvalue weighted by Gasteiger charge is 2.24. The molecule has 1 amide bonds. The maximum Gasteiger partial charge on any atom is 0.328 e. The molecule has 2 heterocycles. The number of hydrogen-bond acceptors (Lipinski definition) is 10. The topological polar surface area (TPSA) is 163 Å². The smallest absolute Gasteiger partial charge is 0.328 e. The average molecular weight is 471 g/mol. The number of esters is 2. The van der Waals surface area contributed by atoms with Gasteiger partial charge in [-0.3, -0.25) is 14.5 Å². The van der Waals surface area contributed by atoms with E-state index < -0.39 is 23.9 Å². The summed E-state index contributed by atoms with van der Waals surface area (Å²) in [5.41, 5.74) is 15.0. The van der Waals surface area contributed by atoms with Gasteiger partial charge < -0.3 is 26.3 Å². The van der Waals surface area contributed by atoms with Crippen molar-refractivity contribution in [2.45, 2.75) is 38.3 Å². The summed E-state index contributed by atoms with van der Waals surface area (Å²) in [6.45, 7) is 2.33. The van der Waals surface area contributed by atoms with Crippen molar-refractivity contribution >= 4 is 29.6 Å². The predicted octanol–water partition coefficient (Wildman–Crippen LogP) is 0.466. The highest BCUT2D eigenvalue weighted by molar-refractivity contribution is 5.96. The molecule has 3 rings (SSSR count). The number of nitrogens with two attached hydrogens (primary N) is 2. The van der Waals surface area contributed by atoms with Gasteiger partial charge in [0.15, 0.2) is 0 Å². The van der Waals surface area contributed by atoms with Gasteiger partial charge in [0.2, 0.25) is 5.95 Å². The molecule has 1 aromatic heterocycles. The first-order valence-electron chi connectivity index (χ1n) is 11.0. The molecule has 1 aliphatic heterocycles. The van der Waals surface area contributed by atoms with Crippen molar-refractivity contribution in [2.24, 2.45) is 0 Å². The van der Waals surface area contributed by atoms with E-state index in [0.717, 1.165) is 42.8 Å². The second-order valence-electron chi connectivity index (χ2n) is 8.03. The normalized spacial score (nSPS) is 14.1. The van der Waals surface area contributed by atoms with E-state index in [1.165, 1.54) is 14.2 Å². The van der Waals surface area contributed by atoms with Gasteiger partial charge in [0.1, 0.15) is 11.9 Å². The van der Waals surface area contributed by atoms with Crippen LogP contribution in [0.15, 0.2) is 24.3 Å². The molecule has 0 bridgehead atoms. The monoisotopic (exact) mass is 470 g/mol. The molecule has 0 fully saturated rings. The molecule has 34 heavy (non-hydrogen) atoms. The number of ether oxygens (including phenoxy) is 2. The lowest BCUT2D eigenvalue weighted by Gasteiger charge is -2.28. The lowest BCUT2D eigenvalue weighted by atomic mass is 10.0. The highest BCUT2D eigenvalue weighted by Crippen LogP contribution is 2.22. The number of anilines is 2. The SMILES string of the molecule is COC(=O)CC[C@H](NC(=O)c1ccc(CCN2CCc3nc(N)nc(N)c3C2)cc1)C(=O)OC. The molecule has 0 saturated heterocycles. The van der Waals surface area contributed by atoms with Crippen LogP contribution in [-0.2, 0) is 38.4 Å². The summed E-state index contributed by atoms with van der Waals surface area (Å²) in [4.78, 5) is 46.6. The van der Waals surface area contributed by atoms with Gasteiger partial charge in [-0.15, -0.1) is 0 Å². The van der Waals surface area contributed by atoms with Crippen molar-refractivity contribution in [1.82, 2.24) is 20.2 Å². The predicted molar refractivity (Wildman–Crippen MR) is 125 cm³/mol. The second kappa shape index (κ2) is 11.4. The summed E-state index contributed by atoms with van der Waals surface area (Å²) in [5, 5.41) is 2.62. The van der Waals surface area contributed by atoms with Crippen LogP contribution in [0.3, 0.4) is 0 Å². The van der Waals surface area contributed by atoms with Crippen molar-refractivity contribution in [3.63, 3.8) is 0 Å². The van der Waals surface area contributed by atoms with E-state index in [9.17, 15) is 14.4 Å². The van der Waals surface area contributed by atoms with Crippen LogP contribution in [0, 0.1) is 0 Å². The molecule has 0 saturated carbocycles. The van der Waals surface area contributed by atoms with E-state index in [-0.39, 0.29) is 18.8 Å². The zero-order valence-corrected chi connectivity index (χ0v) is 19.4. The zero-order chi connectivity index (χ0) is 24.7. The zero-order valence-electron chi connectivity index (χ0n) is 19.4. The highest BCUT2D eigenvalue weighted by atomic mass is 16.5. The first kappa shape index (κ1) is 24.9. The van der Waals surface area contributed by atoms with E-state index in [1.54, 1.807) is 12.1 Å². The number of amides is 1. The van der Waals surface area contributed by atoms with Crippen molar-refractivity contribution < 1.29 is 23.9 Å². The van der Waals surface area contributed by atoms with Gasteiger partial charge in [-0.1, -0.05) is 12.1 Å². The van der Waals surface area contributed by atoms with E-state index >= 15 is 0 Å². The minimum atomic E-state index is -0.940. The number of methoxy groups -OCH3 is 2. The summed E-state index contributed by atoms with van der Waals surface area (Å²) in [6, 6.07) is 6.24. The molecule has 11 nitrogen and oxygen atoms in total. The van der Waals surface area contributed by atoms with Crippen molar-refractivity contribution in [3.8, 4) is 0 Å². The fourth-order valence-electron chi connectivity index (χ4n) is 3.81. The number of hydrogen-bond donors (Lipinski definition) is 3. The molecular weight excluding hydrogens is 440 g/mol. The second-order valence-corrected chi connectivity index (χ2v) is 8.03. The third kappa shape index (κ3) is 6.41. The molecule has 0 spiro atoms. The quantitative estimate of drug-likeness (QED) is 0.439. The van der Waals surface area contributed by atoms with E-state index in [1.807, 2.05) is 12.1 Å². The maximum absolute atomic E-state index is 12.6. The minimum absolute atomic E-state index is 0.0123. The lowest BCUT2D eigenvalue weighted by molar-refractivity contribution is -0.144. The molecule has 1 atom stereocenters. The molecule has 5 N–H and O–H groups in total. The van der Waals surface area contributed by atoms with Gasteiger partial charge in [-0.25, -0.2) is 9.78 Å². The van der Waals surface area contributed by atoms with Crippen molar-refractivity contribution in [3.05, 3.63) is 46.6 Å². The standard InChI is InChI=1S/C23H30N6O5/c1-33-19(30)8-7-18(22(32)34-2)26-21(31)15-5-3-14(4-6-15)9-11-29-12-10-17-16(13-29)20(24)28-23(25)27-17/h3-6,18H,7-13H2,1-2H3,(H,26,31)(H4,24,25,27,28)/t18-/m0/s1. The van der Waals surface area contributed by atoms with Gasteiger partial charge in [0, 0.05) is 43.6 Å². The summed E-state index contributed by atoms with van der Waals surface area (Å²) < 4.78 is 9.31. The molecule has 182 valence electrons. The average Bonchev–Trinajstić information content (AvgIpc) is 2.84. The van der Waals surface area contributed by atoms with Crippen LogP contribution in [0.4, 0.5) is 11.8 Å². The third-order valence-corrected chi connectivity index (χ3v) is 5.78. The number of rotatable bonds is 9. The van der Waals surface area contributed by atoms with E-state index in [4.69, 9.17) is 16.2 Å². The van der Waals surface area contributed by atoms with Gasteiger partial charge in [0.05, 0.1) is 19.9 Å². The van der Waals surface area contributed by atoms with E-state index in [2.05, 4.69) is 24.9 Å². The molecule has 1 aromatic carbocycles. The third-order valence-electron chi connectivity index (χ3n) is 5.78. The molecule has 0 unspecified atom stereocenters. The molecule has 1 aliphatic rings. The fourth-order valence-corrected chi connectivity index (χ4v) is 3.81. The molecule has 11 heteroatoms. The Balaban J connectivity index is 1.54. The Labute approximate surface area is 197 Å². The Kier molecular flexibility index (Phi) is 8.36. The number of carbonyl (C=O) groups is 3. The molecule has 0 aliphatic carbocycles. The number of benzene rings is 1.